The molecule has 0 aliphatic heterocycles. The second kappa shape index (κ2) is 6.02. The van der Waals surface area contributed by atoms with Crippen molar-refractivity contribution in [2.45, 2.75) is 52.7 Å². The van der Waals surface area contributed by atoms with E-state index < -0.39 is 5.69 Å². The van der Waals surface area contributed by atoms with Crippen LogP contribution in [0.1, 0.15) is 41.5 Å². The van der Waals surface area contributed by atoms with E-state index in [-0.39, 0.29) is 40.8 Å². The summed E-state index contributed by atoms with van der Waals surface area (Å²) in [6, 6.07) is 0. The molecule has 0 aromatic heterocycles. The largest absolute Gasteiger partial charge is 1.00 e. The summed E-state index contributed by atoms with van der Waals surface area (Å²) in [6.45, 7) is 11.5. The van der Waals surface area contributed by atoms with E-state index in [1.165, 1.54) is 0 Å². The fourth-order valence-electron chi connectivity index (χ4n) is 0.689. The Kier molecular flexibility index (Phi) is 7.86. The Bertz CT molecular complexity index is 200. The molecule has 0 aromatic carbocycles. The van der Waals surface area contributed by atoms with Gasteiger partial charge >= 0.3 is 29.6 Å². The van der Waals surface area contributed by atoms with Crippen LogP contribution in [0.5, 0.6) is 0 Å². The molecule has 6 heteroatoms. The summed E-state index contributed by atoms with van der Waals surface area (Å²) in [5.74, 6) is 0. The van der Waals surface area contributed by atoms with E-state index in [9.17, 15) is 0 Å². The molecule has 0 fully saturated rings. The summed E-state index contributed by atoms with van der Waals surface area (Å²) in [5.41, 5.74) is -3.18. The first-order valence-electron chi connectivity index (χ1n) is 4.14. The van der Waals surface area contributed by atoms with Crippen LogP contribution in [-0.2, 0) is 33.1 Å². The van der Waals surface area contributed by atoms with Gasteiger partial charge in [-0.1, -0.05) is 11.8 Å². The Morgan fingerprint density at radius 3 is 1.29 bits per heavy atom. The summed E-state index contributed by atoms with van der Waals surface area (Å²) in [7, 11) is 0. The molecule has 0 atom stereocenters. The number of rotatable bonds is 2. The fourth-order valence-corrected chi connectivity index (χ4v) is 4.75. The van der Waals surface area contributed by atoms with Crippen molar-refractivity contribution in [1.29, 1.82) is 0 Å². The summed E-state index contributed by atoms with van der Waals surface area (Å²) in [5, 5.41) is 0. The maximum atomic E-state index is 5.52. The van der Waals surface area contributed by atoms with Crippen molar-refractivity contribution in [3.8, 4) is 0 Å². The van der Waals surface area contributed by atoms with E-state index >= 15 is 0 Å². The number of hydrogen-bond acceptors (Lipinski definition) is 4. The molecule has 0 aliphatic carbocycles. The molecule has 0 saturated heterocycles. The molecule has 0 unspecified atom stereocenters. The normalized spacial score (nSPS) is 13.6. The van der Waals surface area contributed by atoms with Crippen LogP contribution in [0.25, 0.3) is 0 Å². The van der Waals surface area contributed by atoms with Gasteiger partial charge in [0.15, 0.2) is 0 Å². The molecule has 0 aliphatic rings. The SMILES string of the molecule is CC(C)(C)OP(=S)([S-])OC(C)(C)C.[Na+]. The average Bonchev–Trinajstić information content (AvgIpc) is 1.43. The Hall–Kier alpha value is 1.92. The second-order valence-electron chi connectivity index (χ2n) is 4.85. The molecule has 0 bridgehead atoms. The van der Waals surface area contributed by atoms with Crippen LogP contribution in [0.15, 0.2) is 0 Å². The Morgan fingerprint density at radius 2 is 1.14 bits per heavy atom. The van der Waals surface area contributed by atoms with Gasteiger partial charge in [-0.3, -0.25) is 0 Å². The molecule has 2 nitrogen and oxygen atoms in total. The third kappa shape index (κ3) is 12.0. The molecule has 0 amide bonds. The molecule has 0 N–H and O–H groups in total. The zero-order valence-electron chi connectivity index (χ0n) is 10.1. The van der Waals surface area contributed by atoms with Gasteiger partial charge in [0.05, 0.1) is 16.9 Å². The van der Waals surface area contributed by atoms with Crippen molar-refractivity contribution >= 4 is 29.7 Å². The summed E-state index contributed by atoms with van der Waals surface area (Å²) in [6.07, 6.45) is 0. The van der Waals surface area contributed by atoms with Crippen LogP contribution in [0.2, 0.25) is 0 Å². The summed E-state index contributed by atoms with van der Waals surface area (Å²) >= 11 is 10.2. The third-order valence-electron chi connectivity index (χ3n) is 0.771. The zero-order valence-corrected chi connectivity index (χ0v) is 14.6. The minimum atomic E-state index is -2.52. The van der Waals surface area contributed by atoms with Crippen molar-refractivity contribution in [2.75, 3.05) is 0 Å². The maximum absolute atomic E-state index is 5.52. The first-order valence-corrected chi connectivity index (χ1v) is 7.79. The van der Waals surface area contributed by atoms with Gasteiger partial charge in [-0.25, -0.2) is 0 Å². The fraction of sp³-hybridized carbons (Fsp3) is 1.00. The van der Waals surface area contributed by atoms with Crippen molar-refractivity contribution in [1.82, 2.24) is 0 Å². The van der Waals surface area contributed by atoms with Crippen LogP contribution in [0, 0.1) is 0 Å². The Balaban J connectivity index is 0. The predicted molar refractivity (Wildman–Crippen MR) is 63.3 cm³/mol. The van der Waals surface area contributed by atoms with Gasteiger partial charge in [-0.2, -0.15) is 0 Å². The minimum Gasteiger partial charge on any atom is -0.691 e. The number of hydrogen-bond donors (Lipinski definition) is 0. The van der Waals surface area contributed by atoms with Gasteiger partial charge in [0.1, 0.15) is 0 Å². The second-order valence-corrected chi connectivity index (χ2v) is 9.69. The third-order valence-corrected chi connectivity index (χ3v) is 3.21. The van der Waals surface area contributed by atoms with Crippen LogP contribution in [0.4, 0.5) is 0 Å². The quantitative estimate of drug-likeness (QED) is 0.408. The minimum absolute atomic E-state index is 0. The molecule has 0 heterocycles. The zero-order chi connectivity index (χ0) is 10.9. The van der Waals surface area contributed by atoms with Crippen molar-refractivity contribution in [3.63, 3.8) is 0 Å². The van der Waals surface area contributed by atoms with E-state index in [4.69, 9.17) is 33.1 Å². The molecule has 80 valence electrons. The molecule has 0 rings (SSSR count). The van der Waals surface area contributed by atoms with Gasteiger partial charge < -0.3 is 21.3 Å². The van der Waals surface area contributed by atoms with Crippen molar-refractivity contribution in [2.24, 2.45) is 0 Å². The van der Waals surface area contributed by atoms with Gasteiger partial charge in [-0.05, 0) is 41.5 Å². The van der Waals surface area contributed by atoms with Gasteiger partial charge in [0.25, 0.3) is 0 Å². The summed E-state index contributed by atoms with van der Waals surface area (Å²) in [4.78, 5) is 0. The first kappa shape index (κ1) is 18.3. The molecule has 0 spiro atoms. The monoisotopic (exact) mass is 264 g/mol. The smallest absolute Gasteiger partial charge is 0.691 e. The van der Waals surface area contributed by atoms with E-state index in [1.807, 2.05) is 41.5 Å². The average molecular weight is 264 g/mol. The van der Waals surface area contributed by atoms with E-state index in [0.717, 1.165) is 0 Å². The van der Waals surface area contributed by atoms with Crippen LogP contribution in [-0.4, -0.2) is 11.2 Å². The van der Waals surface area contributed by atoms with Crippen molar-refractivity contribution in [3.05, 3.63) is 0 Å². The Morgan fingerprint density at radius 1 is 0.929 bits per heavy atom. The maximum Gasteiger partial charge on any atom is 1.00 e. The van der Waals surface area contributed by atoms with Gasteiger partial charge in [0, 0.05) is 0 Å². The molecule has 0 saturated carbocycles. The standard InChI is InChI=1S/C8H19O2PS2.Na/c1-7(2,3)9-11(12,13)10-8(4,5)6;/h1-6H3,(H,12,13);/q;+1/p-1. The van der Waals surface area contributed by atoms with Crippen LogP contribution >= 0.6 is 5.69 Å². The first-order chi connectivity index (χ1) is 5.41. The molecule has 14 heavy (non-hydrogen) atoms. The molecule has 0 aromatic rings. The summed E-state index contributed by atoms with van der Waals surface area (Å²) < 4.78 is 11.0. The topological polar surface area (TPSA) is 18.5 Å². The van der Waals surface area contributed by atoms with Crippen LogP contribution in [0.3, 0.4) is 0 Å². The van der Waals surface area contributed by atoms with Gasteiger partial charge in [-0.15, -0.1) is 0 Å². The van der Waals surface area contributed by atoms with E-state index in [1.54, 1.807) is 0 Å². The van der Waals surface area contributed by atoms with Gasteiger partial charge in [0.2, 0.25) is 0 Å². The predicted octanol–water partition coefficient (Wildman–Crippen LogP) is 0.392. The van der Waals surface area contributed by atoms with E-state index in [2.05, 4.69) is 0 Å². The molecular formula is C8H18NaO2PS2. The van der Waals surface area contributed by atoms with Crippen molar-refractivity contribution < 1.29 is 38.6 Å². The van der Waals surface area contributed by atoms with Crippen LogP contribution < -0.4 is 29.6 Å². The molecule has 0 radical (unpaired) electrons. The van der Waals surface area contributed by atoms with E-state index in [0.29, 0.717) is 0 Å². The molecular weight excluding hydrogens is 246 g/mol. The Labute approximate surface area is 120 Å².